The number of nitro benzene ring substituents is 1. The van der Waals surface area contributed by atoms with Crippen molar-refractivity contribution in [2.75, 3.05) is 31.1 Å². The number of anilines is 1. The van der Waals surface area contributed by atoms with Gasteiger partial charge >= 0.3 is 5.69 Å². The van der Waals surface area contributed by atoms with Crippen LogP contribution in [-0.4, -0.2) is 55.6 Å². The molecular weight excluding hydrogens is 454 g/mol. The maximum absolute atomic E-state index is 13.6. The lowest BCUT2D eigenvalue weighted by Crippen LogP contribution is -2.44. The summed E-state index contributed by atoms with van der Waals surface area (Å²) >= 11 is 0. The molecule has 1 fully saturated rings. The topological polar surface area (TPSA) is 137 Å². The van der Waals surface area contributed by atoms with Gasteiger partial charge in [-0.2, -0.15) is 4.98 Å². The number of imidazole rings is 1. The molecule has 3 aromatic rings. The van der Waals surface area contributed by atoms with E-state index >= 15 is 0 Å². The Hall–Kier alpha value is -4.06. The Labute approximate surface area is 200 Å². The summed E-state index contributed by atoms with van der Waals surface area (Å²) in [6.45, 7) is 6.79. The van der Waals surface area contributed by atoms with Crippen LogP contribution >= 0.6 is 0 Å². The van der Waals surface area contributed by atoms with Crippen LogP contribution in [0.4, 0.5) is 11.6 Å². The van der Waals surface area contributed by atoms with E-state index in [4.69, 9.17) is 0 Å². The van der Waals surface area contributed by atoms with Crippen molar-refractivity contribution in [2.45, 2.75) is 26.9 Å². The molecule has 0 atom stereocenters. The molecule has 0 amide bonds. The van der Waals surface area contributed by atoms with E-state index < -0.39 is 28.5 Å². The molecule has 1 aliphatic heterocycles. The number of aryl methyl sites for hydroxylation is 1. The van der Waals surface area contributed by atoms with Crippen molar-refractivity contribution >= 4 is 28.6 Å². The number of hydrogen-bond acceptors (Lipinski definition) is 8. The molecule has 3 heterocycles. The summed E-state index contributed by atoms with van der Waals surface area (Å²) < 4.78 is 3.97. The number of Topliss-reactive ketones (excluding diaryl/α,β-unsaturated/α-hetero) is 1. The highest BCUT2D eigenvalue weighted by atomic mass is 16.6. The van der Waals surface area contributed by atoms with Crippen LogP contribution in [0.5, 0.6) is 0 Å². The summed E-state index contributed by atoms with van der Waals surface area (Å²) in [6, 6.07) is 5.06. The van der Waals surface area contributed by atoms with Crippen molar-refractivity contribution in [3.8, 4) is 0 Å². The molecule has 1 aromatic carbocycles. The number of carbonyl (C=O) groups excluding carboxylic acids is 1. The molecule has 0 saturated carbocycles. The molecule has 1 saturated heterocycles. The fraction of sp³-hybridized carbons (Fsp3) is 0.391. The lowest BCUT2D eigenvalue weighted by Gasteiger charge is -2.28. The third-order valence-electron chi connectivity index (χ3n) is 6.00. The standard InChI is InChI=1S/C23H27N7O5/c1-15(2)8-11-28-19-20(25-22(28)27-12-9-24-10-13-27)26(3)23(33)29(21(19)32)14-18(31)16-4-6-17(7-5-16)30(34)35/h4-8,24H,9-14H2,1-3H3. The summed E-state index contributed by atoms with van der Waals surface area (Å²) in [6.07, 6.45) is 1.98. The molecule has 2 aromatic heterocycles. The van der Waals surface area contributed by atoms with Gasteiger partial charge in [0.2, 0.25) is 5.95 Å². The van der Waals surface area contributed by atoms with Crippen LogP contribution < -0.4 is 21.5 Å². The first kappa shape index (κ1) is 24.1. The molecule has 1 aliphatic rings. The zero-order chi connectivity index (χ0) is 25.3. The monoisotopic (exact) mass is 481 g/mol. The van der Waals surface area contributed by atoms with E-state index in [0.717, 1.165) is 23.2 Å². The number of nitro groups is 1. The van der Waals surface area contributed by atoms with Gasteiger partial charge < -0.3 is 14.8 Å². The molecule has 0 bridgehead atoms. The number of piperazine rings is 1. The Balaban J connectivity index is 1.83. The van der Waals surface area contributed by atoms with Gasteiger partial charge in [0.05, 0.1) is 11.5 Å². The first-order chi connectivity index (χ1) is 16.7. The van der Waals surface area contributed by atoms with Gasteiger partial charge in [0.15, 0.2) is 16.9 Å². The van der Waals surface area contributed by atoms with Crippen LogP contribution in [-0.2, 0) is 20.1 Å². The average molecular weight is 482 g/mol. The van der Waals surface area contributed by atoms with Gasteiger partial charge in [-0.1, -0.05) is 11.6 Å². The molecule has 12 nitrogen and oxygen atoms in total. The number of allylic oxidation sites excluding steroid dienone is 2. The summed E-state index contributed by atoms with van der Waals surface area (Å²) in [5.74, 6) is 0.0988. The molecular formula is C23H27N7O5. The van der Waals surface area contributed by atoms with E-state index in [1.165, 1.54) is 35.9 Å². The Morgan fingerprint density at radius 2 is 1.80 bits per heavy atom. The minimum Gasteiger partial charge on any atom is -0.340 e. The Morgan fingerprint density at radius 3 is 2.40 bits per heavy atom. The first-order valence-electron chi connectivity index (χ1n) is 11.3. The van der Waals surface area contributed by atoms with Crippen molar-refractivity contribution in [3.63, 3.8) is 0 Å². The van der Waals surface area contributed by atoms with Gasteiger partial charge in [-0.05, 0) is 26.0 Å². The highest BCUT2D eigenvalue weighted by molar-refractivity contribution is 5.96. The van der Waals surface area contributed by atoms with Crippen LogP contribution in [0.25, 0.3) is 11.2 Å². The summed E-state index contributed by atoms with van der Waals surface area (Å²) in [4.78, 5) is 56.6. The second-order valence-corrected chi connectivity index (χ2v) is 8.67. The largest absolute Gasteiger partial charge is 0.340 e. The molecule has 0 radical (unpaired) electrons. The lowest BCUT2D eigenvalue weighted by molar-refractivity contribution is -0.384. The van der Waals surface area contributed by atoms with E-state index in [-0.39, 0.29) is 22.4 Å². The second kappa shape index (κ2) is 9.66. The molecule has 4 rings (SSSR count). The van der Waals surface area contributed by atoms with Crippen LogP contribution in [0.15, 0.2) is 45.5 Å². The minimum absolute atomic E-state index is 0.153. The van der Waals surface area contributed by atoms with Gasteiger partial charge in [0, 0.05) is 57.5 Å². The summed E-state index contributed by atoms with van der Waals surface area (Å²) in [5, 5.41) is 14.2. The number of aromatic nitrogens is 4. The van der Waals surface area contributed by atoms with Gasteiger partial charge in [-0.15, -0.1) is 0 Å². The van der Waals surface area contributed by atoms with Crippen LogP contribution in [0.1, 0.15) is 24.2 Å². The third-order valence-corrected chi connectivity index (χ3v) is 6.00. The van der Waals surface area contributed by atoms with Crippen molar-refractivity contribution in [2.24, 2.45) is 7.05 Å². The van der Waals surface area contributed by atoms with Crippen molar-refractivity contribution in [3.05, 3.63) is 72.4 Å². The molecule has 35 heavy (non-hydrogen) atoms. The van der Waals surface area contributed by atoms with Gasteiger partial charge in [0.1, 0.15) is 0 Å². The quantitative estimate of drug-likeness (QED) is 0.229. The van der Waals surface area contributed by atoms with E-state index in [2.05, 4.69) is 15.2 Å². The predicted octanol–water partition coefficient (Wildman–Crippen LogP) is 1.06. The van der Waals surface area contributed by atoms with Crippen LogP contribution in [0.2, 0.25) is 0 Å². The molecule has 1 N–H and O–H groups in total. The van der Waals surface area contributed by atoms with Crippen LogP contribution in [0, 0.1) is 10.1 Å². The van der Waals surface area contributed by atoms with E-state index in [0.29, 0.717) is 25.6 Å². The lowest BCUT2D eigenvalue weighted by atomic mass is 10.1. The maximum atomic E-state index is 13.6. The van der Waals surface area contributed by atoms with E-state index in [1.54, 1.807) is 4.57 Å². The SMILES string of the molecule is CC(C)=CCn1c(N2CCNCC2)nc2c1c(=O)n(CC(=O)c1ccc([N+](=O)[O-])cc1)c(=O)n2C. The molecule has 0 unspecified atom stereocenters. The van der Waals surface area contributed by atoms with Gasteiger partial charge in [-0.3, -0.25) is 28.8 Å². The molecule has 0 spiro atoms. The number of carbonyl (C=O) groups is 1. The van der Waals surface area contributed by atoms with E-state index in [1.807, 2.05) is 19.9 Å². The third kappa shape index (κ3) is 4.64. The first-order valence-corrected chi connectivity index (χ1v) is 11.3. The molecule has 12 heteroatoms. The summed E-state index contributed by atoms with van der Waals surface area (Å²) in [7, 11) is 1.52. The average Bonchev–Trinajstić information content (AvgIpc) is 3.24. The number of nitrogens with one attached hydrogen (secondary N) is 1. The normalized spacial score (nSPS) is 13.7. The number of nitrogens with zero attached hydrogens (tertiary/aromatic N) is 6. The number of hydrogen-bond donors (Lipinski definition) is 1. The number of benzene rings is 1. The maximum Gasteiger partial charge on any atom is 0.332 e. The zero-order valence-corrected chi connectivity index (χ0v) is 19.9. The zero-order valence-electron chi connectivity index (χ0n) is 19.9. The van der Waals surface area contributed by atoms with Crippen LogP contribution in [0.3, 0.4) is 0 Å². The van der Waals surface area contributed by atoms with E-state index in [9.17, 15) is 24.5 Å². The molecule has 0 aliphatic carbocycles. The predicted molar refractivity (Wildman–Crippen MR) is 131 cm³/mol. The Bertz CT molecular complexity index is 1440. The number of fused-ring (bicyclic) bond motifs is 1. The fourth-order valence-electron chi connectivity index (χ4n) is 4.06. The minimum atomic E-state index is -0.656. The molecule has 184 valence electrons. The number of non-ortho nitro benzene ring substituents is 1. The van der Waals surface area contributed by atoms with Gasteiger partial charge in [0.25, 0.3) is 11.2 Å². The van der Waals surface area contributed by atoms with Gasteiger partial charge in [-0.25, -0.2) is 4.79 Å². The summed E-state index contributed by atoms with van der Waals surface area (Å²) in [5.41, 5.74) is 0.329. The highest BCUT2D eigenvalue weighted by Crippen LogP contribution is 2.21. The Kier molecular flexibility index (Phi) is 6.65. The number of ketones is 1. The highest BCUT2D eigenvalue weighted by Gasteiger charge is 2.25. The van der Waals surface area contributed by atoms with Crippen molar-refractivity contribution in [1.82, 2.24) is 24.0 Å². The fourth-order valence-corrected chi connectivity index (χ4v) is 4.06. The second-order valence-electron chi connectivity index (χ2n) is 8.67. The van der Waals surface area contributed by atoms with Crippen molar-refractivity contribution in [1.29, 1.82) is 0 Å². The smallest absolute Gasteiger partial charge is 0.332 e. The Morgan fingerprint density at radius 1 is 1.14 bits per heavy atom. The van der Waals surface area contributed by atoms with Crippen molar-refractivity contribution < 1.29 is 9.72 Å². The number of rotatable bonds is 7.